The van der Waals surface area contributed by atoms with E-state index in [1.807, 2.05) is 43.0 Å². The van der Waals surface area contributed by atoms with Gasteiger partial charge >= 0.3 is 0 Å². The first-order valence-electron chi connectivity index (χ1n) is 6.01. The lowest BCUT2D eigenvalue weighted by Gasteiger charge is -2.18. The number of Topliss-reactive ketones (excluding diaryl/α,β-unsaturated/α-hetero) is 1. The van der Waals surface area contributed by atoms with Crippen molar-refractivity contribution in [3.05, 3.63) is 35.4 Å². The number of hydrogen-bond donors (Lipinski definition) is 1. The number of hydrogen-bond acceptors (Lipinski definition) is 3. The van der Waals surface area contributed by atoms with E-state index in [0.717, 1.165) is 24.1 Å². The smallest absolute Gasteiger partial charge is 0.177 e. The van der Waals surface area contributed by atoms with E-state index in [1.54, 1.807) is 0 Å². The summed E-state index contributed by atoms with van der Waals surface area (Å²) in [7, 11) is 0. The van der Waals surface area contributed by atoms with Crippen molar-refractivity contribution in [3.8, 4) is 0 Å². The van der Waals surface area contributed by atoms with Crippen LogP contribution < -0.4 is 0 Å². The second-order valence-electron chi connectivity index (χ2n) is 5.20. The molecule has 1 unspecified atom stereocenters. The fraction of sp³-hybridized carbons (Fsp3) is 0.500. The van der Waals surface area contributed by atoms with Gasteiger partial charge in [0.15, 0.2) is 5.78 Å². The van der Waals surface area contributed by atoms with Crippen molar-refractivity contribution in [2.45, 2.75) is 25.9 Å². The third-order valence-corrected chi connectivity index (χ3v) is 3.34. The van der Waals surface area contributed by atoms with Gasteiger partial charge in [-0.15, -0.1) is 0 Å². The van der Waals surface area contributed by atoms with Gasteiger partial charge in [-0.2, -0.15) is 0 Å². The van der Waals surface area contributed by atoms with Crippen LogP contribution >= 0.6 is 0 Å². The number of benzene rings is 1. The summed E-state index contributed by atoms with van der Waals surface area (Å²) in [6.45, 7) is 5.56. The van der Waals surface area contributed by atoms with Crippen LogP contribution in [-0.2, 0) is 0 Å². The molecule has 0 radical (unpaired) electrons. The first kappa shape index (κ1) is 12.3. The molecule has 3 nitrogen and oxygen atoms in total. The maximum atomic E-state index is 12.1. The molecule has 0 saturated carbocycles. The topological polar surface area (TPSA) is 40.5 Å². The summed E-state index contributed by atoms with van der Waals surface area (Å²) in [6, 6.07) is 7.65. The Hall–Kier alpha value is -1.19. The summed E-state index contributed by atoms with van der Waals surface area (Å²) in [6.07, 6.45) is 0.744. The third kappa shape index (κ3) is 2.93. The van der Waals surface area contributed by atoms with Gasteiger partial charge in [-0.05, 0) is 25.8 Å². The minimum Gasteiger partial charge on any atom is -0.389 e. The third-order valence-electron chi connectivity index (χ3n) is 3.34. The zero-order chi connectivity index (χ0) is 12.5. The Morgan fingerprint density at radius 2 is 2.18 bits per heavy atom. The van der Waals surface area contributed by atoms with Gasteiger partial charge in [0.1, 0.15) is 0 Å². The number of rotatable bonds is 3. The highest BCUT2D eigenvalue weighted by atomic mass is 16.3. The van der Waals surface area contributed by atoms with E-state index in [0.29, 0.717) is 13.1 Å². The van der Waals surface area contributed by atoms with Crippen LogP contribution in [0.1, 0.15) is 29.3 Å². The Kier molecular flexibility index (Phi) is 3.31. The predicted octanol–water partition coefficient (Wildman–Crippen LogP) is 1.63. The molecule has 1 aromatic rings. The van der Waals surface area contributed by atoms with Gasteiger partial charge in [0.25, 0.3) is 0 Å². The van der Waals surface area contributed by atoms with E-state index >= 15 is 0 Å². The molecule has 0 amide bonds. The van der Waals surface area contributed by atoms with E-state index in [1.165, 1.54) is 0 Å². The number of ketones is 1. The minimum atomic E-state index is -0.633. The van der Waals surface area contributed by atoms with Crippen LogP contribution in [0.25, 0.3) is 0 Å². The summed E-state index contributed by atoms with van der Waals surface area (Å²) >= 11 is 0. The molecule has 0 aromatic heterocycles. The average Bonchev–Trinajstić information content (AvgIpc) is 2.58. The van der Waals surface area contributed by atoms with Crippen molar-refractivity contribution >= 4 is 5.78 Å². The molecule has 0 aliphatic carbocycles. The zero-order valence-corrected chi connectivity index (χ0v) is 10.4. The van der Waals surface area contributed by atoms with Gasteiger partial charge in [-0.1, -0.05) is 24.3 Å². The zero-order valence-electron chi connectivity index (χ0n) is 10.4. The maximum absolute atomic E-state index is 12.1. The first-order chi connectivity index (χ1) is 7.98. The summed E-state index contributed by atoms with van der Waals surface area (Å²) < 4.78 is 0. The SMILES string of the molecule is Cc1ccccc1C(=O)CN1CCC(C)(O)C1. The molecule has 0 bridgehead atoms. The number of aryl methyl sites for hydroxylation is 1. The molecule has 1 atom stereocenters. The van der Waals surface area contributed by atoms with Gasteiger partial charge in [0.05, 0.1) is 12.1 Å². The van der Waals surface area contributed by atoms with E-state index in [4.69, 9.17) is 0 Å². The molecule has 3 heteroatoms. The molecule has 1 heterocycles. The normalized spacial score (nSPS) is 25.1. The van der Waals surface area contributed by atoms with Crippen molar-refractivity contribution in [1.29, 1.82) is 0 Å². The van der Waals surface area contributed by atoms with Crippen LogP contribution in [0, 0.1) is 6.92 Å². The van der Waals surface area contributed by atoms with Crippen molar-refractivity contribution in [3.63, 3.8) is 0 Å². The van der Waals surface area contributed by atoms with Gasteiger partial charge in [-0.3, -0.25) is 9.69 Å². The average molecular weight is 233 g/mol. The molecule has 1 saturated heterocycles. The molecule has 0 spiro atoms. The van der Waals surface area contributed by atoms with Crippen molar-refractivity contribution in [1.82, 2.24) is 4.90 Å². The van der Waals surface area contributed by atoms with Gasteiger partial charge in [0.2, 0.25) is 0 Å². The monoisotopic (exact) mass is 233 g/mol. The fourth-order valence-corrected chi connectivity index (χ4v) is 2.35. The summed E-state index contributed by atoms with van der Waals surface area (Å²) in [5, 5.41) is 9.85. The van der Waals surface area contributed by atoms with Crippen molar-refractivity contribution in [2.75, 3.05) is 19.6 Å². The Morgan fingerprint density at radius 1 is 1.47 bits per heavy atom. The van der Waals surface area contributed by atoms with E-state index in [2.05, 4.69) is 0 Å². The summed E-state index contributed by atoms with van der Waals surface area (Å²) in [4.78, 5) is 14.1. The minimum absolute atomic E-state index is 0.140. The van der Waals surface area contributed by atoms with Crippen LogP contribution in [-0.4, -0.2) is 41.0 Å². The predicted molar refractivity (Wildman–Crippen MR) is 67.2 cm³/mol. The fourth-order valence-electron chi connectivity index (χ4n) is 2.35. The van der Waals surface area contributed by atoms with Crippen LogP contribution in [0.15, 0.2) is 24.3 Å². The molecule has 1 fully saturated rings. The Balaban J connectivity index is 2.01. The number of nitrogens with zero attached hydrogens (tertiary/aromatic N) is 1. The van der Waals surface area contributed by atoms with Crippen molar-refractivity contribution < 1.29 is 9.90 Å². The quantitative estimate of drug-likeness (QED) is 0.807. The van der Waals surface area contributed by atoms with Gasteiger partial charge in [-0.25, -0.2) is 0 Å². The van der Waals surface area contributed by atoms with Crippen LogP contribution in [0.5, 0.6) is 0 Å². The maximum Gasteiger partial charge on any atom is 0.177 e. The van der Waals surface area contributed by atoms with Crippen LogP contribution in [0.2, 0.25) is 0 Å². The number of likely N-dealkylation sites (tertiary alicyclic amines) is 1. The van der Waals surface area contributed by atoms with E-state index in [9.17, 15) is 9.90 Å². The lowest BCUT2D eigenvalue weighted by atomic mass is 10.0. The van der Waals surface area contributed by atoms with Crippen molar-refractivity contribution in [2.24, 2.45) is 0 Å². The lowest BCUT2D eigenvalue weighted by molar-refractivity contribution is 0.0669. The van der Waals surface area contributed by atoms with E-state index in [-0.39, 0.29) is 5.78 Å². The Labute approximate surface area is 102 Å². The molecule has 1 aliphatic heterocycles. The highest BCUT2D eigenvalue weighted by Gasteiger charge is 2.32. The second-order valence-corrected chi connectivity index (χ2v) is 5.20. The standard InChI is InChI=1S/C14H19NO2/c1-11-5-3-4-6-12(11)13(16)9-15-8-7-14(2,17)10-15/h3-6,17H,7-10H2,1-2H3. The number of carbonyl (C=O) groups excluding carboxylic acids is 1. The second kappa shape index (κ2) is 4.59. The number of aliphatic hydroxyl groups is 1. The molecule has 1 aliphatic rings. The molecule has 1 N–H and O–H groups in total. The Bertz CT molecular complexity index is 426. The van der Waals surface area contributed by atoms with E-state index < -0.39 is 5.60 Å². The summed E-state index contributed by atoms with van der Waals surface area (Å²) in [5.41, 5.74) is 1.17. The molecular weight excluding hydrogens is 214 g/mol. The highest BCUT2D eigenvalue weighted by molar-refractivity contribution is 5.98. The van der Waals surface area contributed by atoms with Crippen LogP contribution in [0.3, 0.4) is 0 Å². The van der Waals surface area contributed by atoms with Crippen LogP contribution in [0.4, 0.5) is 0 Å². The van der Waals surface area contributed by atoms with Gasteiger partial charge in [0, 0.05) is 18.7 Å². The highest BCUT2D eigenvalue weighted by Crippen LogP contribution is 2.20. The number of carbonyl (C=O) groups is 1. The molecule has 1 aromatic carbocycles. The summed E-state index contributed by atoms with van der Waals surface area (Å²) in [5.74, 6) is 0.140. The van der Waals surface area contributed by atoms with Gasteiger partial charge < -0.3 is 5.11 Å². The first-order valence-corrected chi connectivity index (χ1v) is 6.01. The number of β-amino-alcohol motifs (C(OH)–C–C–N with tert-alkyl or cyclic N) is 1. The lowest BCUT2D eigenvalue weighted by Crippen LogP contribution is -2.33. The molecule has 2 rings (SSSR count). The molecule has 17 heavy (non-hydrogen) atoms. The molecule has 92 valence electrons. The molecular formula is C14H19NO2. The Morgan fingerprint density at radius 3 is 2.76 bits per heavy atom. The largest absolute Gasteiger partial charge is 0.389 e.